The van der Waals surface area contributed by atoms with E-state index in [1.165, 1.54) is 38.5 Å². The normalized spacial score (nSPS) is 35.2. The molecule has 0 spiro atoms. The van der Waals surface area contributed by atoms with Crippen LogP contribution in [-0.4, -0.2) is 80.2 Å². The Bertz CT molecular complexity index is 1090. The third-order valence-corrected chi connectivity index (χ3v) is 12.5. The average Bonchev–Trinajstić information content (AvgIpc) is 3.22. The highest BCUT2D eigenvalue weighted by Crippen LogP contribution is 2.39. The summed E-state index contributed by atoms with van der Waals surface area (Å²) in [5.74, 6) is 2.16. The van der Waals surface area contributed by atoms with Gasteiger partial charge in [0.1, 0.15) is 0 Å². The van der Waals surface area contributed by atoms with Gasteiger partial charge in [-0.3, -0.25) is 4.79 Å². The van der Waals surface area contributed by atoms with Crippen LogP contribution in [-0.2, 0) is 9.53 Å². The van der Waals surface area contributed by atoms with Crippen molar-refractivity contribution in [2.45, 2.75) is 147 Å². The predicted octanol–water partition coefficient (Wildman–Crippen LogP) is 6.97. The fourth-order valence-corrected chi connectivity index (χ4v) is 9.49. The SMILES string of the molecule is CCCC1CCC(C(C)CCC2CCC(NC3C(C#N)CNC4CC(OCC)C(NC(=O)CCCN(C)C)CC43)CC2Cl)=CC=C1C. The Morgan fingerprint density at radius 2 is 1.98 bits per heavy atom. The van der Waals surface area contributed by atoms with Crippen LogP contribution in [0.15, 0.2) is 23.3 Å². The molecule has 11 unspecified atom stereocenters. The maximum atomic E-state index is 12.9. The van der Waals surface area contributed by atoms with Crippen molar-refractivity contribution in [3.05, 3.63) is 23.3 Å². The molecule has 3 aliphatic carbocycles. The first-order chi connectivity index (χ1) is 22.6. The highest BCUT2D eigenvalue weighted by molar-refractivity contribution is 6.20. The zero-order chi connectivity index (χ0) is 33.9. The van der Waals surface area contributed by atoms with Gasteiger partial charge in [0.15, 0.2) is 0 Å². The summed E-state index contributed by atoms with van der Waals surface area (Å²) in [6.07, 6.45) is 18.5. The van der Waals surface area contributed by atoms with Gasteiger partial charge in [-0.25, -0.2) is 0 Å². The van der Waals surface area contributed by atoms with Crippen molar-refractivity contribution < 1.29 is 9.53 Å². The van der Waals surface area contributed by atoms with Gasteiger partial charge in [0.05, 0.1) is 24.1 Å². The van der Waals surface area contributed by atoms with E-state index in [0.717, 1.165) is 51.0 Å². The largest absolute Gasteiger partial charge is 0.376 e. The van der Waals surface area contributed by atoms with E-state index >= 15 is 0 Å². The van der Waals surface area contributed by atoms with E-state index in [1.54, 1.807) is 11.1 Å². The molecular weight excluding hydrogens is 606 g/mol. The average molecular weight is 672 g/mol. The molecule has 1 aliphatic heterocycles. The molecule has 4 rings (SSSR count). The number of alkyl halides is 1. The summed E-state index contributed by atoms with van der Waals surface area (Å²) in [5, 5.41) is 21.4. The van der Waals surface area contributed by atoms with E-state index < -0.39 is 0 Å². The summed E-state index contributed by atoms with van der Waals surface area (Å²) in [4.78, 5) is 15.1. The lowest BCUT2D eigenvalue weighted by molar-refractivity contribution is -0.124. The second kappa shape index (κ2) is 19.1. The smallest absolute Gasteiger partial charge is 0.220 e. The minimum atomic E-state index is -0.105. The van der Waals surface area contributed by atoms with Gasteiger partial charge in [-0.1, -0.05) is 43.6 Å². The zero-order valence-corrected chi connectivity index (χ0v) is 31.2. The molecule has 11 atom stereocenters. The predicted molar refractivity (Wildman–Crippen MR) is 194 cm³/mol. The second-order valence-electron chi connectivity index (χ2n) is 15.6. The molecule has 2 saturated carbocycles. The van der Waals surface area contributed by atoms with Crippen LogP contribution in [0.1, 0.15) is 111 Å². The van der Waals surface area contributed by atoms with Crippen LogP contribution in [0.4, 0.5) is 0 Å². The molecule has 1 heterocycles. The van der Waals surface area contributed by atoms with Gasteiger partial charge in [0.2, 0.25) is 5.91 Å². The Balaban J connectivity index is 1.31. The number of amides is 1. The van der Waals surface area contributed by atoms with Crippen LogP contribution in [0.2, 0.25) is 0 Å². The Morgan fingerprint density at radius 3 is 2.68 bits per heavy atom. The Kier molecular flexibility index (Phi) is 15.6. The summed E-state index contributed by atoms with van der Waals surface area (Å²) in [6, 6.07) is 3.26. The third-order valence-electron chi connectivity index (χ3n) is 11.9. The molecule has 0 aromatic heterocycles. The lowest BCUT2D eigenvalue weighted by Crippen LogP contribution is -2.66. The first-order valence-corrected chi connectivity index (χ1v) is 19.5. The van der Waals surface area contributed by atoms with Crippen molar-refractivity contribution in [3.8, 4) is 6.07 Å². The molecular formula is C39H66ClN5O2. The molecule has 0 aromatic carbocycles. The fourth-order valence-electron chi connectivity index (χ4n) is 9.02. The van der Waals surface area contributed by atoms with Crippen LogP contribution in [0.25, 0.3) is 0 Å². The molecule has 1 saturated heterocycles. The van der Waals surface area contributed by atoms with Gasteiger partial charge in [-0.2, -0.15) is 5.26 Å². The molecule has 4 aliphatic rings. The molecule has 1 amide bonds. The molecule has 0 radical (unpaired) electrons. The summed E-state index contributed by atoms with van der Waals surface area (Å²) < 4.78 is 6.18. The van der Waals surface area contributed by atoms with E-state index in [4.69, 9.17) is 16.3 Å². The van der Waals surface area contributed by atoms with Crippen LogP contribution >= 0.6 is 11.6 Å². The summed E-state index contributed by atoms with van der Waals surface area (Å²) in [6.45, 7) is 11.3. The summed E-state index contributed by atoms with van der Waals surface area (Å²) in [7, 11) is 4.08. The number of carbonyl (C=O) groups is 1. The minimum absolute atomic E-state index is 0.0116. The highest BCUT2D eigenvalue weighted by Gasteiger charge is 2.47. The molecule has 3 fully saturated rings. The van der Waals surface area contributed by atoms with Crippen LogP contribution in [0, 0.1) is 40.9 Å². The fraction of sp³-hybridized carbons (Fsp3) is 0.846. The number of piperidine rings is 1. The van der Waals surface area contributed by atoms with Crippen molar-refractivity contribution in [2.24, 2.45) is 29.6 Å². The lowest BCUT2D eigenvalue weighted by atomic mass is 9.69. The van der Waals surface area contributed by atoms with E-state index in [9.17, 15) is 10.1 Å². The number of carbonyl (C=O) groups excluding carboxylic acids is 1. The van der Waals surface area contributed by atoms with Gasteiger partial charge in [-0.15, -0.1) is 11.6 Å². The van der Waals surface area contributed by atoms with Crippen LogP contribution < -0.4 is 16.0 Å². The van der Waals surface area contributed by atoms with E-state index in [2.05, 4.69) is 59.8 Å². The van der Waals surface area contributed by atoms with E-state index in [-0.39, 0.29) is 47.3 Å². The van der Waals surface area contributed by atoms with Gasteiger partial charge < -0.3 is 25.6 Å². The molecule has 3 N–H and O–H groups in total. The van der Waals surface area contributed by atoms with Crippen LogP contribution in [0.3, 0.4) is 0 Å². The maximum Gasteiger partial charge on any atom is 0.220 e. The Hall–Kier alpha value is -1.43. The number of hydrogen-bond acceptors (Lipinski definition) is 6. The third kappa shape index (κ3) is 11.0. The lowest BCUT2D eigenvalue weighted by Gasteiger charge is -2.50. The molecule has 47 heavy (non-hydrogen) atoms. The maximum absolute atomic E-state index is 12.9. The van der Waals surface area contributed by atoms with Gasteiger partial charge in [-0.05, 0) is 129 Å². The number of hydrogen-bond donors (Lipinski definition) is 3. The number of nitriles is 1. The quantitative estimate of drug-likeness (QED) is 0.163. The number of ether oxygens (including phenoxy) is 1. The Morgan fingerprint density at radius 1 is 1.17 bits per heavy atom. The van der Waals surface area contributed by atoms with Gasteiger partial charge in [0, 0.05) is 43.1 Å². The number of allylic oxidation sites excluding steroid dienone is 4. The molecule has 266 valence electrons. The topological polar surface area (TPSA) is 89.4 Å². The number of nitrogens with zero attached hydrogens (tertiary/aromatic N) is 2. The van der Waals surface area contributed by atoms with E-state index in [1.807, 2.05) is 21.0 Å². The zero-order valence-electron chi connectivity index (χ0n) is 30.4. The van der Waals surface area contributed by atoms with Crippen molar-refractivity contribution >= 4 is 17.5 Å². The monoisotopic (exact) mass is 671 g/mol. The summed E-state index contributed by atoms with van der Waals surface area (Å²) in [5.41, 5.74) is 3.17. The van der Waals surface area contributed by atoms with Crippen molar-refractivity contribution in [3.63, 3.8) is 0 Å². The highest BCUT2D eigenvalue weighted by atomic mass is 35.5. The van der Waals surface area contributed by atoms with Crippen molar-refractivity contribution in [1.82, 2.24) is 20.9 Å². The Labute approximate surface area is 292 Å². The van der Waals surface area contributed by atoms with Crippen molar-refractivity contribution in [2.75, 3.05) is 33.8 Å². The molecule has 8 heteroatoms. The number of rotatable bonds is 15. The standard InChI is InChI=1S/C39H66ClN5O2/c1-7-10-28-16-17-29(14-12-26(28)3)27(4)13-15-30-18-19-32(21-34(30)40)43-39-31(24-41)25-42-35-23-37(47-8-2)36(22-33(35)39)44-38(46)11-9-20-45(5)6/h12,14,27-28,30-37,39,42-43H,7-11,13,15-23,25H2,1-6H3,(H,44,46). The van der Waals surface area contributed by atoms with E-state index in [0.29, 0.717) is 37.5 Å². The molecule has 7 nitrogen and oxygen atoms in total. The van der Waals surface area contributed by atoms with Crippen molar-refractivity contribution in [1.29, 1.82) is 5.26 Å². The molecule has 0 aromatic rings. The number of nitrogens with one attached hydrogen (secondary N) is 3. The van der Waals surface area contributed by atoms with Gasteiger partial charge >= 0.3 is 0 Å². The minimum Gasteiger partial charge on any atom is -0.376 e. The molecule has 0 bridgehead atoms. The first-order valence-electron chi connectivity index (χ1n) is 19.1. The number of fused-ring (bicyclic) bond motifs is 1. The van der Waals surface area contributed by atoms with Crippen LogP contribution in [0.5, 0.6) is 0 Å². The number of halogens is 1. The van der Waals surface area contributed by atoms with Gasteiger partial charge in [0.25, 0.3) is 0 Å². The summed E-state index contributed by atoms with van der Waals surface area (Å²) >= 11 is 7.16. The first kappa shape index (κ1) is 38.4. The second-order valence-corrected chi connectivity index (χ2v) is 16.2.